The molecule has 0 aromatic heterocycles. The highest BCUT2D eigenvalue weighted by Crippen LogP contribution is 2.29. The molecule has 0 N–H and O–H groups in total. The van der Waals surface area contributed by atoms with Gasteiger partial charge in [-0.05, 0) is 164 Å². The summed E-state index contributed by atoms with van der Waals surface area (Å²) in [7, 11) is -15.9. The highest BCUT2D eigenvalue weighted by Gasteiger charge is 2.52. The minimum Gasteiger partial charge on any atom is -0.445 e. The van der Waals surface area contributed by atoms with Crippen LogP contribution in [0, 0.1) is 0 Å². The predicted molar refractivity (Wildman–Crippen MR) is 546 cm³/mol. The van der Waals surface area contributed by atoms with E-state index in [1.165, 1.54) is 33.4 Å². The lowest BCUT2D eigenvalue weighted by Crippen LogP contribution is -2.63. The van der Waals surface area contributed by atoms with Crippen molar-refractivity contribution < 1.29 is 82.3 Å². The van der Waals surface area contributed by atoms with Gasteiger partial charge in [-0.25, -0.2) is 0 Å². The van der Waals surface area contributed by atoms with Crippen LogP contribution in [-0.2, 0) is 115 Å². The van der Waals surface area contributed by atoms with E-state index in [-0.39, 0.29) is 32.5 Å². The van der Waals surface area contributed by atoms with Gasteiger partial charge in [-0.3, -0.25) is 0 Å². The molecule has 0 atom stereocenters. The van der Waals surface area contributed by atoms with Crippen molar-refractivity contribution in [1.82, 2.24) is 0 Å². The van der Waals surface area contributed by atoms with E-state index in [2.05, 4.69) is 270 Å². The molecule has 16 aliphatic heterocycles. The van der Waals surface area contributed by atoms with Gasteiger partial charge in [0.05, 0.1) is 0 Å². The third kappa shape index (κ3) is 20.6. The molecule has 18 nitrogen and oxygen atoms in total. The molecule has 132 heavy (non-hydrogen) atoms. The summed E-state index contributed by atoms with van der Waals surface area (Å²) in [6.07, 6.45) is 0. The first-order valence-electron chi connectivity index (χ1n) is 46.0. The Kier molecular flexibility index (Phi) is 26.0. The SMILES string of the molecule is CC(C)(C)c1ccc(B2OB3OB(O2)c2ccc(cc2)B2OB(OB(c4ccc(C(C)(C)C)cc4)O2)c2ccc(cc2)B2OB(OB(c4ccc(C(C)(C)C)cc4)O2)c2ccc(cc2)B2OB(OB(c4ccc(C(C)(C)C)cc4)O2)c2ccc(cc2)B2OB(OB(c4ccc(C(C)(C)C)cc4)O2)c2ccc(cc2)B2OB(OB(c4ccc(C(C)(C)C)cc4)O2)c2ccc3cc2)cc1. The summed E-state index contributed by atoms with van der Waals surface area (Å²) in [5.41, 5.74) is 20.3. The fourth-order valence-electron chi connectivity index (χ4n) is 17.1. The van der Waals surface area contributed by atoms with Gasteiger partial charge in [0.25, 0.3) is 0 Å². The molecule has 24 bridgehead atoms. The quantitative estimate of drug-likeness (QED) is 0.202. The van der Waals surface area contributed by atoms with E-state index in [4.69, 9.17) is 82.3 Å². The van der Waals surface area contributed by atoms with Gasteiger partial charge in [-0.1, -0.05) is 416 Å². The number of rotatable bonds is 6. The van der Waals surface area contributed by atoms with E-state index >= 15 is 0 Å². The molecular formula is C96H102B18O18. The fourth-order valence-corrected chi connectivity index (χ4v) is 17.1. The van der Waals surface area contributed by atoms with E-state index in [9.17, 15) is 0 Å². The Bertz CT molecular complexity index is 4840. The predicted octanol–water partition coefficient (Wildman–Crippen LogP) is 5.08. The van der Waals surface area contributed by atoms with E-state index < -0.39 is 128 Å². The highest BCUT2D eigenvalue weighted by atomic mass is 16.7. The normalized spacial score (nSPS) is 17.0. The zero-order chi connectivity index (χ0) is 91.9. The van der Waals surface area contributed by atoms with Crippen LogP contribution >= 0.6 is 0 Å². The van der Waals surface area contributed by atoms with Gasteiger partial charge in [-0.2, -0.15) is 0 Å². The highest BCUT2D eigenvalue weighted by molar-refractivity contribution is 6.92. The molecule has 16 heterocycles. The summed E-state index contributed by atoms with van der Waals surface area (Å²) in [5, 5.41) is 0. The Morgan fingerprint density at radius 3 is 0.205 bits per heavy atom. The van der Waals surface area contributed by atoms with E-state index in [1.54, 1.807) is 0 Å². The Labute approximate surface area is 785 Å². The molecule has 0 saturated carbocycles. The lowest BCUT2D eigenvalue weighted by molar-refractivity contribution is 0.306. The summed E-state index contributed by atoms with van der Waals surface area (Å²) in [5.74, 6) is 0. The van der Waals surface area contributed by atoms with E-state index in [0.29, 0.717) is 0 Å². The molecule has 0 aliphatic carbocycles. The van der Waals surface area contributed by atoms with Crippen LogP contribution in [0.5, 0.6) is 0 Å². The first-order valence-corrected chi connectivity index (χ1v) is 46.0. The van der Waals surface area contributed by atoms with Gasteiger partial charge in [0.2, 0.25) is 0 Å². The van der Waals surface area contributed by atoms with Crippen molar-refractivity contribution in [2.45, 2.75) is 157 Å². The average Bonchev–Trinajstić information content (AvgIpc) is 0.776. The van der Waals surface area contributed by atoms with Crippen LogP contribution in [0.25, 0.3) is 0 Å². The third-order valence-corrected chi connectivity index (χ3v) is 25.6. The maximum Gasteiger partial charge on any atom is 0.467 e. The Morgan fingerprint density at radius 2 is 0.152 bits per heavy atom. The van der Waals surface area contributed by atoms with Crippen LogP contribution in [0.2, 0.25) is 0 Å². The molecule has 0 unspecified atom stereocenters. The van der Waals surface area contributed by atoms with Gasteiger partial charge >= 0.3 is 128 Å². The van der Waals surface area contributed by atoms with Crippen LogP contribution in [0.15, 0.2) is 291 Å². The Balaban J connectivity index is 0.693. The van der Waals surface area contributed by atoms with Crippen molar-refractivity contribution in [1.29, 1.82) is 0 Å². The lowest BCUT2D eigenvalue weighted by Gasteiger charge is -2.34. The van der Waals surface area contributed by atoms with Crippen molar-refractivity contribution >= 4 is 226 Å². The summed E-state index contributed by atoms with van der Waals surface area (Å²) in [4.78, 5) is 0. The smallest absolute Gasteiger partial charge is 0.445 e. The van der Waals surface area contributed by atoms with Crippen molar-refractivity contribution in [3.8, 4) is 0 Å². The second-order valence-corrected chi connectivity index (χ2v) is 41.7. The molecular weight excluding hydrogens is 1640 g/mol. The maximum atomic E-state index is 6.96. The summed E-state index contributed by atoms with van der Waals surface area (Å²) in [6.45, 7) is 39.6. The second kappa shape index (κ2) is 37.3. The molecule has 0 spiro atoms. The van der Waals surface area contributed by atoms with Crippen molar-refractivity contribution in [3.05, 3.63) is 325 Å². The van der Waals surface area contributed by atoms with Crippen molar-refractivity contribution in [2.24, 2.45) is 0 Å². The van der Waals surface area contributed by atoms with E-state index in [0.717, 1.165) is 98.3 Å². The van der Waals surface area contributed by atoms with Crippen molar-refractivity contribution in [3.63, 3.8) is 0 Å². The largest absolute Gasteiger partial charge is 0.467 e. The molecule has 6 saturated heterocycles. The number of hydrogen-bond donors (Lipinski definition) is 0. The Morgan fingerprint density at radius 1 is 0.0985 bits per heavy atom. The molecule has 0 amide bonds. The van der Waals surface area contributed by atoms with Gasteiger partial charge in [0.15, 0.2) is 0 Å². The van der Waals surface area contributed by atoms with Crippen LogP contribution < -0.4 is 98.3 Å². The monoisotopic (exact) mass is 1740 g/mol. The van der Waals surface area contributed by atoms with Crippen LogP contribution in [0.3, 0.4) is 0 Å². The first kappa shape index (κ1) is 92.2. The minimum absolute atomic E-state index is 0.0918. The van der Waals surface area contributed by atoms with Crippen LogP contribution in [0.4, 0.5) is 0 Å². The fraction of sp³-hybridized carbons (Fsp3) is 0.250. The number of benzene rings is 12. The molecule has 648 valence electrons. The first-order chi connectivity index (χ1) is 63.0. The standard InChI is InChI=1S/C96H102B18O18/c1-91(2,3)67-19-31-73(32-20-67)97-115-103-79-43-47-81(48-44-79)105-117-98(74-33-21-68(22-34-74)92(4,5)6)119-107(128-105)83-51-55-85(56-52-83)109-121-100(76-37-25-70(26-38-76)94(10,11)12)123-111(130-109)87-59-63-89(64-60-87)113-125-102(78-41-29-72(30-42-78)96(16,17)18)126-114(132-113)90-65-61-88(62-66-90)112-124-101(77-39-27-71(28-40-77)95(13,14)15)122-110(131-112)86-57-53-84(54-58-86)108-120-99(75-35-23-69(24-36-75)93(7,8)9)118-106(129-108)82-49-45-80(46-50-82)104(116-97)127-103/h19-66H,1-18H3. The Hall–Kier alpha value is -8.91. The molecule has 28 rings (SSSR count). The van der Waals surface area contributed by atoms with E-state index in [1.807, 2.05) is 146 Å². The van der Waals surface area contributed by atoms with Crippen LogP contribution in [0.1, 0.15) is 158 Å². The lowest BCUT2D eigenvalue weighted by atomic mass is 9.58. The molecule has 36 heteroatoms. The molecule has 16 aliphatic rings. The third-order valence-electron chi connectivity index (χ3n) is 25.6. The maximum absolute atomic E-state index is 6.96. The average molecular weight is 1740 g/mol. The summed E-state index contributed by atoms with van der Waals surface area (Å²) >= 11 is 0. The zero-order valence-electron chi connectivity index (χ0n) is 78.5. The van der Waals surface area contributed by atoms with Gasteiger partial charge < -0.3 is 82.3 Å². The molecule has 12 aromatic rings. The topological polar surface area (TPSA) is 166 Å². The van der Waals surface area contributed by atoms with Gasteiger partial charge in [0.1, 0.15) is 0 Å². The minimum atomic E-state index is -0.905. The zero-order valence-corrected chi connectivity index (χ0v) is 78.5. The number of hydrogen-bond acceptors (Lipinski definition) is 18. The van der Waals surface area contributed by atoms with Gasteiger partial charge in [-0.15, -0.1) is 0 Å². The summed E-state index contributed by atoms with van der Waals surface area (Å²) < 4.78 is 124. The van der Waals surface area contributed by atoms with Gasteiger partial charge in [0, 0.05) is 0 Å². The molecule has 12 aromatic carbocycles. The summed E-state index contributed by atoms with van der Waals surface area (Å²) in [6, 6.07) is 98.0. The van der Waals surface area contributed by atoms with Crippen LogP contribution in [-0.4, -0.2) is 128 Å². The molecule has 0 radical (unpaired) electrons. The molecule has 6 fully saturated rings. The van der Waals surface area contributed by atoms with Crippen molar-refractivity contribution in [2.75, 3.05) is 0 Å². The second-order valence-electron chi connectivity index (χ2n) is 41.7.